The molecule has 2 rings (SSSR count). The number of hydrogen-bond acceptors (Lipinski definition) is 3. The smallest absolute Gasteiger partial charge is 0.324 e. The number of hydrogen-bond donors (Lipinski definition) is 1. The van der Waals surface area contributed by atoms with E-state index < -0.39 is 11.5 Å². The summed E-state index contributed by atoms with van der Waals surface area (Å²) in [6.07, 6.45) is 5.49. The maximum atomic E-state index is 11.5. The lowest BCUT2D eigenvalue weighted by atomic mass is 9.91. The third-order valence-electron chi connectivity index (χ3n) is 3.58. The summed E-state index contributed by atoms with van der Waals surface area (Å²) in [6, 6.07) is 0. The summed E-state index contributed by atoms with van der Waals surface area (Å²) in [7, 11) is 0. The van der Waals surface area contributed by atoms with E-state index in [-0.39, 0.29) is 0 Å². The molecule has 2 heterocycles. The second-order valence-corrected chi connectivity index (χ2v) is 5.65. The van der Waals surface area contributed by atoms with E-state index in [4.69, 9.17) is 0 Å². The molecule has 0 amide bonds. The highest BCUT2D eigenvalue weighted by atomic mass is 32.2. The topological polar surface area (TPSA) is 40.5 Å². The number of rotatable bonds is 2. The molecule has 0 spiro atoms. The molecule has 0 saturated carbocycles. The average Bonchev–Trinajstić information content (AvgIpc) is 2.31. The van der Waals surface area contributed by atoms with Gasteiger partial charge in [0, 0.05) is 5.75 Å². The van der Waals surface area contributed by atoms with Gasteiger partial charge in [0.05, 0.1) is 0 Å². The first-order valence-corrected chi connectivity index (χ1v) is 6.97. The molecular weight excluding hydrogens is 210 g/mol. The van der Waals surface area contributed by atoms with Crippen molar-refractivity contribution in [3.63, 3.8) is 0 Å². The van der Waals surface area contributed by atoms with Gasteiger partial charge in [-0.3, -0.25) is 9.69 Å². The molecule has 2 saturated heterocycles. The summed E-state index contributed by atoms with van der Waals surface area (Å²) in [5.41, 5.74) is -0.538. The van der Waals surface area contributed by atoms with E-state index in [1.807, 2.05) is 0 Å². The fourth-order valence-corrected chi connectivity index (χ4v) is 3.94. The normalized spacial score (nSPS) is 33.9. The fraction of sp³-hybridized carbons (Fsp3) is 0.909. The number of carbonyl (C=O) groups is 1. The molecule has 2 aliphatic rings. The number of aliphatic carboxylic acids is 1. The van der Waals surface area contributed by atoms with Crippen molar-refractivity contribution in [1.29, 1.82) is 0 Å². The number of likely N-dealkylation sites (tertiary alicyclic amines) is 1. The van der Waals surface area contributed by atoms with Gasteiger partial charge in [-0.15, -0.1) is 0 Å². The van der Waals surface area contributed by atoms with Gasteiger partial charge in [-0.1, -0.05) is 6.42 Å². The Balaban J connectivity index is 2.12. The Morgan fingerprint density at radius 2 is 1.93 bits per heavy atom. The zero-order chi connectivity index (χ0) is 10.7. The van der Waals surface area contributed by atoms with Gasteiger partial charge >= 0.3 is 5.97 Å². The van der Waals surface area contributed by atoms with Crippen LogP contribution >= 0.6 is 11.8 Å². The minimum Gasteiger partial charge on any atom is -0.480 e. The maximum Gasteiger partial charge on any atom is 0.324 e. The van der Waals surface area contributed by atoms with Crippen LogP contribution in [0.3, 0.4) is 0 Å². The van der Waals surface area contributed by atoms with Crippen molar-refractivity contribution in [1.82, 2.24) is 4.90 Å². The molecule has 0 aliphatic carbocycles. The quantitative estimate of drug-likeness (QED) is 0.784. The van der Waals surface area contributed by atoms with E-state index in [2.05, 4.69) is 4.90 Å². The lowest BCUT2D eigenvalue weighted by Crippen LogP contribution is -2.59. The van der Waals surface area contributed by atoms with E-state index in [1.165, 1.54) is 19.3 Å². The van der Waals surface area contributed by atoms with Gasteiger partial charge < -0.3 is 5.11 Å². The van der Waals surface area contributed by atoms with Crippen molar-refractivity contribution in [2.75, 3.05) is 24.6 Å². The van der Waals surface area contributed by atoms with Crippen LogP contribution < -0.4 is 0 Å². The van der Waals surface area contributed by atoms with Crippen LogP contribution in [0.15, 0.2) is 0 Å². The molecule has 0 aromatic carbocycles. The Kier molecular flexibility index (Phi) is 3.57. The zero-order valence-electron chi connectivity index (χ0n) is 9.07. The summed E-state index contributed by atoms with van der Waals surface area (Å²) in [5.74, 6) is 1.31. The molecule has 0 bridgehead atoms. The Morgan fingerprint density at radius 3 is 2.47 bits per heavy atom. The molecule has 1 atom stereocenters. The summed E-state index contributed by atoms with van der Waals surface area (Å²) in [5, 5.41) is 9.49. The summed E-state index contributed by atoms with van der Waals surface area (Å²) >= 11 is 1.80. The number of carboxylic acid groups (broad SMARTS) is 1. The molecule has 0 aromatic rings. The Hall–Kier alpha value is -0.220. The molecular formula is C11H19NO2S. The van der Waals surface area contributed by atoms with Crippen LogP contribution in [-0.4, -0.2) is 46.1 Å². The van der Waals surface area contributed by atoms with Crippen LogP contribution in [0.25, 0.3) is 0 Å². The standard InChI is InChI=1S/C11H19NO2S/c13-10(14)11(5-4-8-15-9-11)12-6-2-1-3-7-12/h1-9H2,(H,13,14). The number of piperidine rings is 1. The minimum absolute atomic E-state index is 0.538. The lowest BCUT2D eigenvalue weighted by molar-refractivity contribution is -0.151. The van der Waals surface area contributed by atoms with Crippen molar-refractivity contribution in [3.8, 4) is 0 Å². The highest BCUT2D eigenvalue weighted by molar-refractivity contribution is 7.99. The van der Waals surface area contributed by atoms with Gasteiger partial charge in [-0.2, -0.15) is 11.8 Å². The minimum atomic E-state index is -0.600. The Bertz CT molecular complexity index is 233. The molecule has 2 aliphatic heterocycles. The first kappa shape index (κ1) is 11.3. The SMILES string of the molecule is O=C(O)C1(N2CCCCC2)CCCSC1. The van der Waals surface area contributed by atoms with Crippen LogP contribution in [0.5, 0.6) is 0 Å². The first-order chi connectivity index (χ1) is 7.26. The summed E-state index contributed by atoms with van der Waals surface area (Å²) < 4.78 is 0. The van der Waals surface area contributed by atoms with Gasteiger partial charge in [0.15, 0.2) is 0 Å². The third kappa shape index (κ3) is 2.16. The van der Waals surface area contributed by atoms with Gasteiger partial charge in [0.2, 0.25) is 0 Å². The van der Waals surface area contributed by atoms with Gasteiger partial charge in [0.25, 0.3) is 0 Å². The highest BCUT2D eigenvalue weighted by Gasteiger charge is 2.45. The number of nitrogens with zero attached hydrogens (tertiary/aromatic N) is 1. The van der Waals surface area contributed by atoms with Crippen molar-refractivity contribution < 1.29 is 9.90 Å². The molecule has 0 radical (unpaired) electrons. The average molecular weight is 229 g/mol. The van der Waals surface area contributed by atoms with Crippen LogP contribution in [0.2, 0.25) is 0 Å². The number of thioether (sulfide) groups is 1. The molecule has 2 fully saturated rings. The number of carboxylic acids is 1. The highest BCUT2D eigenvalue weighted by Crippen LogP contribution is 2.34. The Labute approximate surface area is 95.2 Å². The van der Waals surface area contributed by atoms with Crippen molar-refractivity contribution in [2.45, 2.75) is 37.6 Å². The van der Waals surface area contributed by atoms with E-state index >= 15 is 0 Å². The van der Waals surface area contributed by atoms with Gasteiger partial charge in [0.1, 0.15) is 5.54 Å². The second-order valence-electron chi connectivity index (χ2n) is 4.54. The van der Waals surface area contributed by atoms with Gasteiger partial charge in [-0.05, 0) is 44.5 Å². The fourth-order valence-electron chi connectivity index (χ4n) is 2.66. The molecule has 1 N–H and O–H groups in total. The van der Waals surface area contributed by atoms with Crippen LogP contribution in [0, 0.1) is 0 Å². The van der Waals surface area contributed by atoms with Crippen LogP contribution in [-0.2, 0) is 4.79 Å². The molecule has 4 heteroatoms. The summed E-state index contributed by atoms with van der Waals surface area (Å²) in [6.45, 7) is 1.96. The lowest BCUT2D eigenvalue weighted by Gasteiger charge is -2.44. The molecule has 3 nitrogen and oxygen atoms in total. The van der Waals surface area contributed by atoms with Gasteiger partial charge in [-0.25, -0.2) is 0 Å². The van der Waals surface area contributed by atoms with E-state index in [9.17, 15) is 9.90 Å². The third-order valence-corrected chi connectivity index (χ3v) is 4.84. The summed E-state index contributed by atoms with van der Waals surface area (Å²) in [4.78, 5) is 13.7. The monoisotopic (exact) mass is 229 g/mol. The van der Waals surface area contributed by atoms with Crippen molar-refractivity contribution >= 4 is 17.7 Å². The van der Waals surface area contributed by atoms with E-state index in [1.54, 1.807) is 11.8 Å². The van der Waals surface area contributed by atoms with E-state index in [0.29, 0.717) is 0 Å². The van der Waals surface area contributed by atoms with E-state index in [0.717, 1.165) is 37.4 Å². The molecule has 1 unspecified atom stereocenters. The first-order valence-electron chi connectivity index (χ1n) is 5.82. The Morgan fingerprint density at radius 1 is 1.20 bits per heavy atom. The molecule has 86 valence electrons. The zero-order valence-corrected chi connectivity index (χ0v) is 9.89. The van der Waals surface area contributed by atoms with Crippen molar-refractivity contribution in [2.24, 2.45) is 0 Å². The molecule has 0 aromatic heterocycles. The second kappa shape index (κ2) is 4.74. The molecule has 15 heavy (non-hydrogen) atoms. The largest absolute Gasteiger partial charge is 0.480 e. The maximum absolute atomic E-state index is 11.5. The predicted octanol–water partition coefficient (Wildman–Crippen LogP) is 1.82. The van der Waals surface area contributed by atoms with Crippen LogP contribution in [0.4, 0.5) is 0 Å². The van der Waals surface area contributed by atoms with Crippen LogP contribution in [0.1, 0.15) is 32.1 Å². The predicted molar refractivity (Wildman–Crippen MR) is 62.3 cm³/mol. The van der Waals surface area contributed by atoms with Crippen molar-refractivity contribution in [3.05, 3.63) is 0 Å².